The van der Waals surface area contributed by atoms with E-state index in [1.54, 1.807) is 37.3 Å². The fourth-order valence-corrected chi connectivity index (χ4v) is 3.18. The average Bonchev–Trinajstić information content (AvgIpc) is 2.62. The summed E-state index contributed by atoms with van der Waals surface area (Å²) in [4.78, 5) is 27.0. The number of amides is 2. The molecule has 28 heavy (non-hydrogen) atoms. The first kappa shape index (κ1) is 22.2. The number of nitrogens with zero attached hydrogens (tertiary/aromatic N) is 1. The predicted molar refractivity (Wildman–Crippen MR) is 110 cm³/mol. The predicted octanol–water partition coefficient (Wildman–Crippen LogP) is 4.62. The normalized spacial score (nSPS) is 12.0. The van der Waals surface area contributed by atoms with Crippen molar-refractivity contribution in [3.05, 3.63) is 69.5 Å². The molecule has 0 unspecified atom stereocenters. The van der Waals surface area contributed by atoms with Gasteiger partial charge in [0.15, 0.2) is 0 Å². The summed E-state index contributed by atoms with van der Waals surface area (Å²) in [6.07, 6.45) is 0.0243. The third kappa shape index (κ3) is 6.21. The average molecular weight is 425 g/mol. The lowest BCUT2D eigenvalue weighted by Crippen LogP contribution is -2.49. The Bertz CT molecular complexity index is 841. The number of hydrogen-bond acceptors (Lipinski definition) is 2. The highest BCUT2D eigenvalue weighted by Crippen LogP contribution is 2.22. The number of rotatable bonds is 7. The fraction of sp³-hybridized carbons (Fsp3) is 0.333. The first-order valence-corrected chi connectivity index (χ1v) is 9.71. The van der Waals surface area contributed by atoms with E-state index < -0.39 is 6.04 Å². The molecule has 0 radical (unpaired) electrons. The number of benzene rings is 2. The number of carbonyl (C=O) groups excluding carboxylic acids is 2. The molecule has 2 amide bonds. The highest BCUT2D eigenvalue weighted by atomic mass is 35.5. The summed E-state index contributed by atoms with van der Waals surface area (Å²) in [5.41, 5.74) is 1.35. The highest BCUT2D eigenvalue weighted by Gasteiger charge is 2.27. The van der Waals surface area contributed by atoms with Crippen molar-refractivity contribution in [1.29, 1.82) is 0 Å². The Hall–Kier alpha value is -2.11. The van der Waals surface area contributed by atoms with E-state index in [4.69, 9.17) is 23.2 Å². The van der Waals surface area contributed by atoms with Gasteiger partial charge in [-0.15, -0.1) is 0 Å². The molecule has 0 bridgehead atoms. The molecular weight excluding hydrogens is 402 g/mol. The Morgan fingerprint density at radius 3 is 2.29 bits per heavy atom. The molecule has 0 aliphatic heterocycles. The molecule has 0 aliphatic carbocycles. The van der Waals surface area contributed by atoms with Crippen molar-refractivity contribution >= 4 is 35.0 Å². The van der Waals surface area contributed by atoms with E-state index in [-0.39, 0.29) is 36.6 Å². The standard InChI is InChI=1S/C21H23Cl2FN2O2/c1-13(2)25-21(28)14(3)26(12-15-4-8-18(24)9-5-15)20(27)10-16-6-7-17(22)11-19(16)23/h4-9,11,13-14H,10,12H2,1-3H3,(H,25,28)/t14-/m0/s1. The number of nitrogens with one attached hydrogen (secondary N) is 1. The van der Waals surface area contributed by atoms with Gasteiger partial charge in [0.05, 0.1) is 6.42 Å². The number of carbonyl (C=O) groups is 2. The molecule has 0 saturated carbocycles. The maximum atomic E-state index is 13.2. The van der Waals surface area contributed by atoms with Crippen molar-refractivity contribution in [2.45, 2.75) is 45.8 Å². The van der Waals surface area contributed by atoms with Crippen molar-refractivity contribution in [1.82, 2.24) is 10.2 Å². The number of hydrogen-bond donors (Lipinski definition) is 1. The van der Waals surface area contributed by atoms with Crippen LogP contribution in [0.2, 0.25) is 10.0 Å². The monoisotopic (exact) mass is 424 g/mol. The summed E-state index contributed by atoms with van der Waals surface area (Å²) in [6.45, 7) is 5.55. The molecule has 1 N–H and O–H groups in total. The van der Waals surface area contributed by atoms with Crippen LogP contribution in [0.1, 0.15) is 31.9 Å². The van der Waals surface area contributed by atoms with Crippen LogP contribution in [0.4, 0.5) is 4.39 Å². The van der Waals surface area contributed by atoms with Gasteiger partial charge in [0.1, 0.15) is 11.9 Å². The quantitative estimate of drug-likeness (QED) is 0.704. The van der Waals surface area contributed by atoms with Gasteiger partial charge < -0.3 is 10.2 Å². The Morgan fingerprint density at radius 2 is 1.71 bits per heavy atom. The first-order valence-electron chi connectivity index (χ1n) is 8.95. The van der Waals surface area contributed by atoms with E-state index in [9.17, 15) is 14.0 Å². The molecular formula is C21H23Cl2FN2O2. The minimum atomic E-state index is -0.703. The smallest absolute Gasteiger partial charge is 0.242 e. The third-order valence-electron chi connectivity index (χ3n) is 4.22. The van der Waals surface area contributed by atoms with Gasteiger partial charge in [0.25, 0.3) is 0 Å². The Morgan fingerprint density at radius 1 is 1.07 bits per heavy atom. The maximum Gasteiger partial charge on any atom is 0.242 e. The van der Waals surface area contributed by atoms with Crippen LogP contribution in [0, 0.1) is 5.82 Å². The lowest BCUT2D eigenvalue weighted by Gasteiger charge is -2.29. The minimum absolute atomic E-state index is 0.0243. The zero-order chi connectivity index (χ0) is 20.8. The van der Waals surface area contributed by atoms with Gasteiger partial charge in [-0.05, 0) is 56.2 Å². The zero-order valence-corrected chi connectivity index (χ0v) is 17.5. The molecule has 0 spiro atoms. The second-order valence-corrected chi connectivity index (χ2v) is 7.74. The van der Waals surface area contributed by atoms with Crippen LogP contribution >= 0.6 is 23.2 Å². The van der Waals surface area contributed by atoms with Gasteiger partial charge >= 0.3 is 0 Å². The minimum Gasteiger partial charge on any atom is -0.352 e. The molecule has 2 aromatic carbocycles. The van der Waals surface area contributed by atoms with E-state index in [0.717, 1.165) is 5.56 Å². The van der Waals surface area contributed by atoms with Crippen molar-refractivity contribution in [3.8, 4) is 0 Å². The van der Waals surface area contributed by atoms with Crippen LogP contribution in [0.5, 0.6) is 0 Å². The molecule has 2 rings (SSSR count). The van der Waals surface area contributed by atoms with Gasteiger partial charge in [-0.2, -0.15) is 0 Å². The summed E-state index contributed by atoms with van der Waals surface area (Å²) in [5.74, 6) is -0.882. The van der Waals surface area contributed by atoms with E-state index >= 15 is 0 Å². The van der Waals surface area contributed by atoms with Gasteiger partial charge in [-0.25, -0.2) is 4.39 Å². The number of halogens is 3. The summed E-state index contributed by atoms with van der Waals surface area (Å²) >= 11 is 12.1. The maximum absolute atomic E-state index is 13.2. The lowest BCUT2D eigenvalue weighted by molar-refractivity contribution is -0.140. The molecule has 0 aliphatic rings. The Labute approximate surface area is 174 Å². The van der Waals surface area contributed by atoms with Crippen molar-refractivity contribution < 1.29 is 14.0 Å². The summed E-state index contributed by atoms with van der Waals surface area (Å²) in [5, 5.41) is 3.69. The van der Waals surface area contributed by atoms with Gasteiger partial charge in [0.2, 0.25) is 11.8 Å². The molecule has 2 aromatic rings. The van der Waals surface area contributed by atoms with Crippen LogP contribution in [0.3, 0.4) is 0 Å². The van der Waals surface area contributed by atoms with Crippen molar-refractivity contribution in [3.63, 3.8) is 0 Å². The fourth-order valence-electron chi connectivity index (χ4n) is 2.70. The second kappa shape index (κ2) is 9.89. The second-order valence-electron chi connectivity index (χ2n) is 6.90. The molecule has 0 fully saturated rings. The van der Waals surface area contributed by atoms with Crippen molar-refractivity contribution in [2.75, 3.05) is 0 Å². The Kier molecular flexibility index (Phi) is 7.84. The van der Waals surface area contributed by atoms with Crippen LogP contribution in [0.15, 0.2) is 42.5 Å². The van der Waals surface area contributed by atoms with Crippen LogP contribution in [-0.4, -0.2) is 28.8 Å². The summed E-state index contributed by atoms with van der Waals surface area (Å²) in [7, 11) is 0. The van der Waals surface area contributed by atoms with Gasteiger partial charge in [-0.1, -0.05) is 41.4 Å². The molecule has 0 aromatic heterocycles. The molecule has 4 nitrogen and oxygen atoms in total. The van der Waals surface area contributed by atoms with Gasteiger partial charge in [-0.3, -0.25) is 9.59 Å². The van der Waals surface area contributed by atoms with Crippen molar-refractivity contribution in [2.24, 2.45) is 0 Å². The van der Waals surface area contributed by atoms with Crippen LogP contribution in [0.25, 0.3) is 0 Å². The third-order valence-corrected chi connectivity index (χ3v) is 4.81. The largest absolute Gasteiger partial charge is 0.352 e. The summed E-state index contributed by atoms with van der Waals surface area (Å²) in [6, 6.07) is 10.0. The van der Waals surface area contributed by atoms with E-state index in [1.165, 1.54) is 17.0 Å². The SMILES string of the molecule is CC(C)NC(=O)[C@H](C)N(Cc1ccc(F)cc1)C(=O)Cc1ccc(Cl)cc1Cl. The van der Waals surface area contributed by atoms with E-state index in [0.29, 0.717) is 15.6 Å². The van der Waals surface area contributed by atoms with E-state index in [1.807, 2.05) is 13.8 Å². The lowest BCUT2D eigenvalue weighted by atomic mass is 10.1. The molecule has 150 valence electrons. The molecule has 7 heteroatoms. The van der Waals surface area contributed by atoms with Gasteiger partial charge in [0, 0.05) is 22.6 Å². The zero-order valence-electron chi connectivity index (χ0n) is 16.0. The molecule has 1 atom stereocenters. The van der Waals surface area contributed by atoms with E-state index in [2.05, 4.69) is 5.32 Å². The molecule has 0 saturated heterocycles. The summed E-state index contributed by atoms with van der Waals surface area (Å²) < 4.78 is 13.2. The Balaban J connectivity index is 2.26. The first-order chi connectivity index (χ1) is 13.2. The topological polar surface area (TPSA) is 49.4 Å². The molecule has 0 heterocycles. The van der Waals surface area contributed by atoms with Crippen LogP contribution < -0.4 is 5.32 Å². The van der Waals surface area contributed by atoms with Crippen LogP contribution in [-0.2, 0) is 22.6 Å². The highest BCUT2D eigenvalue weighted by molar-refractivity contribution is 6.35.